The number of pyridine rings is 1. The number of benzene rings is 1. The summed E-state index contributed by atoms with van der Waals surface area (Å²) in [6, 6.07) is 15.3. The van der Waals surface area contributed by atoms with Crippen molar-refractivity contribution in [1.82, 2.24) is 4.98 Å². The Kier molecular flexibility index (Phi) is 3.40. The Morgan fingerprint density at radius 3 is 2.65 bits per heavy atom. The number of halogens is 1. The van der Waals surface area contributed by atoms with E-state index in [1.165, 1.54) is 0 Å². The molecule has 1 heterocycles. The molecule has 84 valence electrons. The summed E-state index contributed by atoms with van der Waals surface area (Å²) in [4.78, 5) is 6.25. The van der Waals surface area contributed by atoms with Gasteiger partial charge in [0.2, 0.25) is 0 Å². The molecule has 0 saturated heterocycles. The molecule has 1 aromatic heterocycles. The van der Waals surface area contributed by atoms with E-state index < -0.39 is 0 Å². The van der Waals surface area contributed by atoms with Gasteiger partial charge in [0.25, 0.3) is 0 Å². The Hall–Kier alpha value is -1.86. The van der Waals surface area contributed by atoms with Crippen LogP contribution < -0.4 is 4.90 Å². The number of hydrogen-bond acceptors (Lipinski definition) is 3. The molecule has 2 rings (SSSR count). The predicted octanol–water partition coefficient (Wildman–Crippen LogP) is 3.48. The van der Waals surface area contributed by atoms with E-state index in [0.717, 1.165) is 16.1 Å². The minimum Gasteiger partial charge on any atom is -0.328 e. The van der Waals surface area contributed by atoms with Gasteiger partial charge in [0, 0.05) is 7.05 Å². The molecule has 3 nitrogen and oxygen atoms in total. The molecule has 17 heavy (non-hydrogen) atoms. The first-order chi connectivity index (χ1) is 8.22. The maximum atomic E-state index is 9.06. The molecular formula is C13H10BrN3. The first-order valence-corrected chi connectivity index (χ1v) is 5.87. The van der Waals surface area contributed by atoms with E-state index in [-0.39, 0.29) is 0 Å². The molecule has 1 aromatic carbocycles. The van der Waals surface area contributed by atoms with Crippen LogP contribution in [0.2, 0.25) is 0 Å². The third-order valence-corrected chi connectivity index (χ3v) is 2.87. The number of nitriles is 1. The van der Waals surface area contributed by atoms with E-state index in [9.17, 15) is 0 Å². The van der Waals surface area contributed by atoms with Crippen molar-refractivity contribution in [1.29, 1.82) is 5.26 Å². The van der Waals surface area contributed by atoms with Gasteiger partial charge in [0.1, 0.15) is 16.5 Å². The highest BCUT2D eigenvalue weighted by atomic mass is 79.9. The van der Waals surface area contributed by atoms with Gasteiger partial charge in [0.05, 0.1) is 11.3 Å². The third-order valence-electron chi connectivity index (χ3n) is 2.43. The molecule has 0 amide bonds. The topological polar surface area (TPSA) is 39.9 Å². The average molecular weight is 288 g/mol. The molecular weight excluding hydrogens is 278 g/mol. The van der Waals surface area contributed by atoms with Gasteiger partial charge in [-0.25, -0.2) is 4.98 Å². The highest BCUT2D eigenvalue weighted by molar-refractivity contribution is 9.10. The summed E-state index contributed by atoms with van der Waals surface area (Å²) in [6.45, 7) is 0. The molecule has 0 radical (unpaired) electrons. The maximum absolute atomic E-state index is 9.06. The second-order valence-corrected chi connectivity index (χ2v) is 4.32. The van der Waals surface area contributed by atoms with E-state index >= 15 is 0 Å². The molecule has 0 unspecified atom stereocenters. The van der Waals surface area contributed by atoms with Crippen LogP contribution in [0, 0.1) is 11.3 Å². The van der Waals surface area contributed by atoms with E-state index in [2.05, 4.69) is 27.0 Å². The lowest BCUT2D eigenvalue weighted by Crippen LogP contribution is -2.12. The minimum atomic E-state index is 0.636. The zero-order valence-corrected chi connectivity index (χ0v) is 10.8. The van der Waals surface area contributed by atoms with Crippen LogP contribution in [0.3, 0.4) is 0 Å². The Balaban J connectivity index is 2.44. The fraction of sp³-hybridized carbons (Fsp3) is 0.0769. The molecule has 0 bridgehead atoms. The van der Waals surface area contributed by atoms with Crippen LogP contribution in [0.4, 0.5) is 11.5 Å². The second-order valence-electron chi connectivity index (χ2n) is 3.51. The lowest BCUT2D eigenvalue weighted by atomic mass is 10.2. The van der Waals surface area contributed by atoms with Gasteiger partial charge in [-0.15, -0.1) is 0 Å². The Morgan fingerprint density at radius 1 is 1.18 bits per heavy atom. The Bertz CT molecular complexity index is 575. The maximum Gasteiger partial charge on any atom is 0.134 e. The van der Waals surface area contributed by atoms with Crippen LogP contribution in [0.15, 0.2) is 47.1 Å². The molecule has 0 fully saturated rings. The largest absolute Gasteiger partial charge is 0.328 e. The number of hydrogen-bond donors (Lipinski definition) is 0. The lowest BCUT2D eigenvalue weighted by Gasteiger charge is -2.19. The molecule has 2 aromatic rings. The summed E-state index contributed by atoms with van der Waals surface area (Å²) in [5.41, 5.74) is 1.48. The van der Waals surface area contributed by atoms with Crippen LogP contribution in [-0.2, 0) is 0 Å². The van der Waals surface area contributed by atoms with Crippen LogP contribution >= 0.6 is 15.9 Å². The van der Waals surface area contributed by atoms with Crippen molar-refractivity contribution >= 4 is 27.4 Å². The smallest absolute Gasteiger partial charge is 0.134 e. The van der Waals surface area contributed by atoms with E-state index in [4.69, 9.17) is 5.26 Å². The van der Waals surface area contributed by atoms with Gasteiger partial charge < -0.3 is 4.90 Å². The van der Waals surface area contributed by atoms with Crippen molar-refractivity contribution in [3.05, 3.63) is 52.6 Å². The average Bonchev–Trinajstić information content (AvgIpc) is 2.38. The second kappa shape index (κ2) is 4.98. The van der Waals surface area contributed by atoms with Crippen LogP contribution in [0.25, 0.3) is 0 Å². The first-order valence-electron chi connectivity index (χ1n) is 5.08. The normalized spacial score (nSPS) is 9.71. The standard InChI is InChI=1S/C13H10BrN3/c1-17(13-8-4-7-12(14)16-13)11-6-3-2-5-10(11)9-15/h2-8H,1H3. The van der Waals surface area contributed by atoms with Gasteiger partial charge in [-0.1, -0.05) is 18.2 Å². The van der Waals surface area contributed by atoms with Gasteiger partial charge in [-0.3, -0.25) is 0 Å². The molecule has 0 atom stereocenters. The first kappa shape index (κ1) is 11.6. The number of anilines is 2. The molecule has 0 aliphatic heterocycles. The fourth-order valence-electron chi connectivity index (χ4n) is 1.57. The zero-order chi connectivity index (χ0) is 12.3. The van der Waals surface area contributed by atoms with E-state index in [1.807, 2.05) is 48.3 Å². The highest BCUT2D eigenvalue weighted by Crippen LogP contribution is 2.25. The molecule has 0 aliphatic carbocycles. The van der Waals surface area contributed by atoms with Crippen molar-refractivity contribution in [3.8, 4) is 6.07 Å². The van der Waals surface area contributed by atoms with Crippen molar-refractivity contribution in [2.45, 2.75) is 0 Å². The van der Waals surface area contributed by atoms with Gasteiger partial charge >= 0.3 is 0 Å². The van der Waals surface area contributed by atoms with Crippen molar-refractivity contribution in [2.75, 3.05) is 11.9 Å². The zero-order valence-electron chi connectivity index (χ0n) is 9.26. The van der Waals surface area contributed by atoms with Crippen molar-refractivity contribution in [2.24, 2.45) is 0 Å². The van der Waals surface area contributed by atoms with E-state index in [1.54, 1.807) is 6.07 Å². The van der Waals surface area contributed by atoms with Crippen molar-refractivity contribution < 1.29 is 0 Å². The minimum absolute atomic E-state index is 0.636. The Morgan fingerprint density at radius 2 is 1.94 bits per heavy atom. The number of rotatable bonds is 2. The summed E-state index contributed by atoms with van der Waals surface area (Å²) in [5, 5.41) is 9.06. The van der Waals surface area contributed by atoms with Crippen LogP contribution in [-0.4, -0.2) is 12.0 Å². The lowest BCUT2D eigenvalue weighted by molar-refractivity contribution is 1.11. The number of para-hydroxylation sites is 1. The van der Waals surface area contributed by atoms with Crippen molar-refractivity contribution in [3.63, 3.8) is 0 Å². The fourth-order valence-corrected chi connectivity index (χ4v) is 1.90. The van der Waals surface area contributed by atoms with Crippen LogP contribution in [0.1, 0.15) is 5.56 Å². The summed E-state index contributed by atoms with van der Waals surface area (Å²) in [7, 11) is 1.89. The third kappa shape index (κ3) is 2.45. The molecule has 0 N–H and O–H groups in total. The van der Waals surface area contributed by atoms with Crippen LogP contribution in [0.5, 0.6) is 0 Å². The molecule has 4 heteroatoms. The predicted molar refractivity (Wildman–Crippen MR) is 71.2 cm³/mol. The monoisotopic (exact) mass is 287 g/mol. The summed E-state index contributed by atoms with van der Waals surface area (Å²) in [5.74, 6) is 0.794. The molecule has 0 saturated carbocycles. The summed E-state index contributed by atoms with van der Waals surface area (Å²) < 4.78 is 0.774. The summed E-state index contributed by atoms with van der Waals surface area (Å²) in [6.07, 6.45) is 0. The van der Waals surface area contributed by atoms with Gasteiger partial charge in [-0.05, 0) is 40.2 Å². The Labute approximate surface area is 108 Å². The highest BCUT2D eigenvalue weighted by Gasteiger charge is 2.09. The van der Waals surface area contributed by atoms with Gasteiger partial charge in [0.15, 0.2) is 0 Å². The SMILES string of the molecule is CN(c1cccc(Br)n1)c1ccccc1C#N. The number of aromatic nitrogens is 1. The quantitative estimate of drug-likeness (QED) is 0.794. The summed E-state index contributed by atoms with van der Waals surface area (Å²) >= 11 is 3.34. The molecule has 0 spiro atoms. The van der Waals surface area contributed by atoms with E-state index in [0.29, 0.717) is 5.56 Å². The number of nitrogens with zero attached hydrogens (tertiary/aromatic N) is 3. The van der Waals surface area contributed by atoms with Gasteiger partial charge in [-0.2, -0.15) is 5.26 Å². The molecule has 0 aliphatic rings.